The van der Waals surface area contributed by atoms with Crippen LogP contribution in [0.3, 0.4) is 0 Å². The van der Waals surface area contributed by atoms with Gasteiger partial charge >= 0.3 is 0 Å². The van der Waals surface area contributed by atoms with Gasteiger partial charge in [0.2, 0.25) is 0 Å². The molecule has 0 radical (unpaired) electrons. The van der Waals surface area contributed by atoms with Gasteiger partial charge in [-0.25, -0.2) is 0 Å². The summed E-state index contributed by atoms with van der Waals surface area (Å²) >= 11 is 6.85. The molecular weight excluding hydrogens is 334 g/mol. The molecule has 90 valence electrons. The molecule has 0 spiro atoms. The van der Waals surface area contributed by atoms with E-state index >= 15 is 0 Å². The first-order chi connectivity index (χ1) is 7.49. The second-order valence-corrected chi connectivity index (χ2v) is 6.05. The van der Waals surface area contributed by atoms with E-state index in [1.807, 2.05) is 18.2 Å². The van der Waals surface area contributed by atoms with Crippen LogP contribution in [0.15, 0.2) is 27.1 Å². The predicted octanol–water partition coefficient (Wildman–Crippen LogP) is 3.96. The van der Waals surface area contributed by atoms with Crippen LogP contribution in [0.5, 0.6) is 5.75 Å². The van der Waals surface area contributed by atoms with Gasteiger partial charge in [0.25, 0.3) is 0 Å². The number of hydrogen-bond acceptors (Lipinski definition) is 2. The first-order valence-electron chi connectivity index (χ1n) is 5.32. The van der Waals surface area contributed by atoms with E-state index < -0.39 is 0 Å². The highest BCUT2D eigenvalue weighted by atomic mass is 79.9. The van der Waals surface area contributed by atoms with E-state index in [-0.39, 0.29) is 6.04 Å². The maximum absolute atomic E-state index is 5.95. The highest BCUT2D eigenvalue weighted by Gasteiger charge is 2.08. The maximum Gasteiger partial charge on any atom is 0.133 e. The maximum atomic E-state index is 5.95. The van der Waals surface area contributed by atoms with Gasteiger partial charge < -0.3 is 10.5 Å². The van der Waals surface area contributed by atoms with Crippen LogP contribution in [-0.2, 0) is 0 Å². The van der Waals surface area contributed by atoms with E-state index in [9.17, 15) is 0 Å². The van der Waals surface area contributed by atoms with Gasteiger partial charge in [0, 0.05) is 10.5 Å². The van der Waals surface area contributed by atoms with Crippen molar-refractivity contribution in [3.05, 3.63) is 27.1 Å². The monoisotopic (exact) mass is 349 g/mol. The van der Waals surface area contributed by atoms with E-state index in [2.05, 4.69) is 45.7 Å². The highest BCUT2D eigenvalue weighted by Crippen LogP contribution is 2.28. The lowest BCUT2D eigenvalue weighted by atomic mass is 10.1. The Morgan fingerprint density at radius 2 is 2.00 bits per heavy atom. The summed E-state index contributed by atoms with van der Waals surface area (Å²) in [5, 5.41) is 0. The molecule has 0 aliphatic carbocycles. The lowest BCUT2D eigenvalue weighted by Crippen LogP contribution is -2.29. The van der Waals surface area contributed by atoms with Crippen LogP contribution in [0.4, 0.5) is 0 Å². The van der Waals surface area contributed by atoms with E-state index in [1.165, 1.54) is 0 Å². The fourth-order valence-corrected chi connectivity index (χ4v) is 2.62. The Morgan fingerprint density at radius 1 is 1.31 bits per heavy atom. The van der Waals surface area contributed by atoms with Crippen LogP contribution in [0.2, 0.25) is 0 Å². The van der Waals surface area contributed by atoms with Gasteiger partial charge in [-0.05, 0) is 46.5 Å². The average Bonchev–Trinajstić information content (AvgIpc) is 2.15. The van der Waals surface area contributed by atoms with Crippen LogP contribution in [-0.4, -0.2) is 12.6 Å². The second-order valence-electron chi connectivity index (χ2n) is 4.28. The molecule has 16 heavy (non-hydrogen) atoms. The number of nitrogens with two attached hydrogens (primary N) is 1. The standard InChI is InChI=1S/C12H17Br2NO/c1-8(2)5-10(15)7-16-12-4-3-9(13)6-11(12)14/h3-4,6,8,10H,5,7,15H2,1-2H3. The fourth-order valence-electron chi connectivity index (χ4n) is 1.46. The molecule has 1 rings (SSSR count). The second kappa shape index (κ2) is 6.62. The topological polar surface area (TPSA) is 35.2 Å². The molecule has 0 aliphatic heterocycles. The molecule has 0 aliphatic rings. The van der Waals surface area contributed by atoms with Crippen LogP contribution in [0.25, 0.3) is 0 Å². The molecule has 0 saturated heterocycles. The first kappa shape index (κ1) is 14.0. The third-order valence-corrected chi connectivity index (χ3v) is 3.23. The van der Waals surface area contributed by atoms with Crippen LogP contribution in [0, 0.1) is 5.92 Å². The van der Waals surface area contributed by atoms with Crippen LogP contribution < -0.4 is 10.5 Å². The average molecular weight is 351 g/mol. The Kier molecular flexibility index (Phi) is 5.79. The predicted molar refractivity (Wildman–Crippen MR) is 74.8 cm³/mol. The third kappa shape index (κ3) is 4.85. The zero-order valence-electron chi connectivity index (χ0n) is 9.54. The van der Waals surface area contributed by atoms with Gasteiger partial charge in [0.05, 0.1) is 4.47 Å². The third-order valence-electron chi connectivity index (χ3n) is 2.12. The minimum Gasteiger partial charge on any atom is -0.491 e. The Morgan fingerprint density at radius 3 is 2.56 bits per heavy atom. The van der Waals surface area contributed by atoms with Gasteiger partial charge in [0.15, 0.2) is 0 Å². The molecule has 1 atom stereocenters. The molecule has 0 bridgehead atoms. The summed E-state index contributed by atoms with van der Waals surface area (Å²) in [7, 11) is 0. The molecule has 1 aromatic carbocycles. The molecule has 0 aromatic heterocycles. The molecule has 0 heterocycles. The lowest BCUT2D eigenvalue weighted by molar-refractivity contribution is 0.269. The van der Waals surface area contributed by atoms with Crippen molar-refractivity contribution in [2.45, 2.75) is 26.3 Å². The molecule has 2 nitrogen and oxygen atoms in total. The van der Waals surface area contributed by atoms with E-state index in [1.54, 1.807) is 0 Å². The minimum absolute atomic E-state index is 0.0931. The number of ether oxygens (including phenoxy) is 1. The molecule has 2 N–H and O–H groups in total. The normalized spacial score (nSPS) is 12.9. The van der Waals surface area contributed by atoms with Crippen molar-refractivity contribution in [2.24, 2.45) is 11.7 Å². The molecule has 0 amide bonds. The quantitative estimate of drug-likeness (QED) is 0.872. The summed E-state index contributed by atoms with van der Waals surface area (Å²) in [6.45, 7) is 4.88. The SMILES string of the molecule is CC(C)CC(N)COc1ccc(Br)cc1Br. The van der Waals surface area contributed by atoms with Crippen molar-refractivity contribution in [1.29, 1.82) is 0 Å². The van der Waals surface area contributed by atoms with Crippen molar-refractivity contribution in [3.63, 3.8) is 0 Å². The van der Waals surface area contributed by atoms with Crippen molar-refractivity contribution in [3.8, 4) is 5.75 Å². The Hall–Kier alpha value is -0.0600. The summed E-state index contributed by atoms with van der Waals surface area (Å²) in [5.74, 6) is 1.44. The van der Waals surface area contributed by atoms with Crippen LogP contribution >= 0.6 is 31.9 Å². The lowest BCUT2D eigenvalue weighted by Gasteiger charge is -2.15. The molecule has 1 unspecified atom stereocenters. The Labute approximate surface area is 114 Å². The van der Waals surface area contributed by atoms with Crippen molar-refractivity contribution < 1.29 is 4.74 Å². The largest absolute Gasteiger partial charge is 0.491 e. The summed E-state index contributed by atoms with van der Waals surface area (Å²) in [5.41, 5.74) is 5.95. The molecule has 4 heteroatoms. The smallest absolute Gasteiger partial charge is 0.133 e. The number of hydrogen-bond donors (Lipinski definition) is 1. The van der Waals surface area contributed by atoms with Gasteiger partial charge in [-0.1, -0.05) is 29.8 Å². The number of rotatable bonds is 5. The van der Waals surface area contributed by atoms with Crippen molar-refractivity contribution >= 4 is 31.9 Å². The summed E-state index contributed by atoms with van der Waals surface area (Å²) < 4.78 is 7.63. The number of benzene rings is 1. The van der Waals surface area contributed by atoms with Gasteiger partial charge in [-0.15, -0.1) is 0 Å². The summed E-state index contributed by atoms with van der Waals surface area (Å²) in [4.78, 5) is 0. The summed E-state index contributed by atoms with van der Waals surface area (Å²) in [6, 6.07) is 5.93. The van der Waals surface area contributed by atoms with Crippen molar-refractivity contribution in [2.75, 3.05) is 6.61 Å². The molecular formula is C12H17Br2NO. The van der Waals surface area contributed by atoms with Crippen molar-refractivity contribution in [1.82, 2.24) is 0 Å². The van der Waals surface area contributed by atoms with Crippen LogP contribution in [0.1, 0.15) is 20.3 Å². The highest BCUT2D eigenvalue weighted by molar-refractivity contribution is 9.11. The zero-order valence-corrected chi connectivity index (χ0v) is 12.7. The fraction of sp³-hybridized carbons (Fsp3) is 0.500. The van der Waals surface area contributed by atoms with Gasteiger partial charge in [-0.2, -0.15) is 0 Å². The molecule has 0 fully saturated rings. The zero-order chi connectivity index (χ0) is 12.1. The summed E-state index contributed by atoms with van der Waals surface area (Å²) in [6.07, 6.45) is 0.980. The Balaban J connectivity index is 2.48. The Bertz CT molecular complexity index is 342. The van der Waals surface area contributed by atoms with Gasteiger partial charge in [-0.3, -0.25) is 0 Å². The van der Waals surface area contributed by atoms with E-state index in [0.717, 1.165) is 21.1 Å². The van der Waals surface area contributed by atoms with E-state index in [4.69, 9.17) is 10.5 Å². The first-order valence-corrected chi connectivity index (χ1v) is 6.91. The molecule has 0 saturated carbocycles. The van der Waals surface area contributed by atoms with E-state index in [0.29, 0.717) is 12.5 Å². The minimum atomic E-state index is 0.0931. The van der Waals surface area contributed by atoms with Gasteiger partial charge in [0.1, 0.15) is 12.4 Å². The molecule has 1 aromatic rings. The number of halogens is 2.